The van der Waals surface area contributed by atoms with Crippen LogP contribution in [0.4, 0.5) is 10.5 Å². The maximum absolute atomic E-state index is 11.7. The molecule has 5 nitrogen and oxygen atoms in total. The first kappa shape index (κ1) is 20.3. The topological polar surface area (TPSA) is 59.0 Å². The molecule has 1 N–H and O–H groups in total. The number of ether oxygens (including phenoxy) is 2. The van der Waals surface area contributed by atoms with E-state index in [0.29, 0.717) is 10.8 Å². The minimum Gasteiger partial charge on any atom is -0.488 e. The van der Waals surface area contributed by atoms with E-state index in [4.69, 9.17) is 4.74 Å². The van der Waals surface area contributed by atoms with Crippen molar-refractivity contribution in [3.8, 4) is 5.75 Å². The maximum atomic E-state index is 11.7. The number of aryl methyl sites for hydroxylation is 3. The third-order valence-corrected chi connectivity index (χ3v) is 4.97. The molecule has 0 unspecified atom stereocenters. The molecular formula is C20H24BrNO4. The fourth-order valence-corrected chi connectivity index (χ4v) is 3.35. The number of hydrogen-bond acceptors (Lipinski definition) is 4. The summed E-state index contributed by atoms with van der Waals surface area (Å²) >= 11 is 3.55. The second kappa shape index (κ2) is 9.05. The molecular weight excluding hydrogens is 398 g/mol. The molecule has 2 aromatic carbocycles. The number of amides is 1. The Kier molecular flexibility index (Phi) is 7.06. The Balaban J connectivity index is 2.34. The van der Waals surface area contributed by atoms with Gasteiger partial charge in [0.15, 0.2) is 0 Å². The summed E-state index contributed by atoms with van der Waals surface area (Å²) in [6, 6.07) is 9.46. The molecule has 0 aliphatic rings. The molecule has 0 aromatic heterocycles. The lowest BCUT2D eigenvalue weighted by atomic mass is 10.0. The lowest BCUT2D eigenvalue weighted by Crippen LogP contribution is -2.28. The first-order chi connectivity index (χ1) is 12.4. The zero-order valence-electron chi connectivity index (χ0n) is 15.5. The highest BCUT2D eigenvalue weighted by Gasteiger charge is 2.20. The molecule has 0 saturated carbocycles. The van der Waals surface area contributed by atoms with Crippen molar-refractivity contribution in [3.63, 3.8) is 0 Å². The highest BCUT2D eigenvalue weighted by atomic mass is 79.9. The van der Waals surface area contributed by atoms with E-state index in [1.807, 2.05) is 19.1 Å². The van der Waals surface area contributed by atoms with Gasteiger partial charge in [-0.1, -0.05) is 26.0 Å². The normalized spacial score (nSPS) is 10.5. The van der Waals surface area contributed by atoms with Crippen molar-refractivity contribution in [2.45, 2.75) is 40.2 Å². The van der Waals surface area contributed by atoms with Gasteiger partial charge in [0.2, 0.25) is 0 Å². The Labute approximate surface area is 162 Å². The van der Waals surface area contributed by atoms with E-state index in [1.165, 1.54) is 12.7 Å². The summed E-state index contributed by atoms with van der Waals surface area (Å²) < 4.78 is 11.5. The molecule has 0 radical (unpaired) electrons. The number of hydroxylamine groups is 1. The second-order valence-electron chi connectivity index (χ2n) is 5.90. The first-order valence-electron chi connectivity index (χ1n) is 8.52. The average Bonchev–Trinajstić information content (AvgIpc) is 2.66. The first-order valence-corrected chi connectivity index (χ1v) is 9.31. The molecule has 2 aromatic rings. The van der Waals surface area contributed by atoms with Gasteiger partial charge in [-0.15, -0.1) is 0 Å². The van der Waals surface area contributed by atoms with Crippen LogP contribution in [0.3, 0.4) is 0 Å². The number of hydrogen-bond donors (Lipinski definition) is 1. The summed E-state index contributed by atoms with van der Waals surface area (Å²) in [6.07, 6.45) is 0.853. The molecule has 6 heteroatoms. The maximum Gasteiger partial charge on any atom is 0.438 e. The van der Waals surface area contributed by atoms with Gasteiger partial charge < -0.3 is 9.47 Å². The lowest BCUT2D eigenvalue weighted by Gasteiger charge is -2.20. The molecule has 26 heavy (non-hydrogen) atoms. The van der Waals surface area contributed by atoms with E-state index in [2.05, 4.69) is 40.6 Å². The fourth-order valence-electron chi connectivity index (χ4n) is 2.84. The monoisotopic (exact) mass is 421 g/mol. The van der Waals surface area contributed by atoms with Gasteiger partial charge >= 0.3 is 6.09 Å². The van der Waals surface area contributed by atoms with E-state index in [-0.39, 0.29) is 6.61 Å². The van der Waals surface area contributed by atoms with Crippen molar-refractivity contribution in [1.82, 2.24) is 0 Å². The Hall–Kier alpha value is -2.05. The summed E-state index contributed by atoms with van der Waals surface area (Å²) in [6.45, 7) is 6.40. The van der Waals surface area contributed by atoms with Crippen LogP contribution in [0.5, 0.6) is 5.75 Å². The number of anilines is 1. The molecule has 140 valence electrons. The van der Waals surface area contributed by atoms with Gasteiger partial charge in [-0.3, -0.25) is 5.21 Å². The minimum atomic E-state index is -0.844. The molecule has 0 spiro atoms. The van der Waals surface area contributed by atoms with Crippen molar-refractivity contribution >= 4 is 27.7 Å². The quantitative estimate of drug-likeness (QED) is 0.499. The van der Waals surface area contributed by atoms with E-state index >= 15 is 0 Å². The number of halogens is 1. The Morgan fingerprint density at radius 1 is 1.19 bits per heavy atom. The Morgan fingerprint density at radius 3 is 2.50 bits per heavy atom. The second-order valence-corrected chi connectivity index (χ2v) is 6.76. The van der Waals surface area contributed by atoms with Crippen molar-refractivity contribution in [2.24, 2.45) is 0 Å². The van der Waals surface area contributed by atoms with Crippen LogP contribution < -0.4 is 9.80 Å². The number of benzene rings is 2. The third-order valence-electron chi connectivity index (χ3n) is 4.35. The van der Waals surface area contributed by atoms with Crippen LogP contribution in [-0.4, -0.2) is 18.4 Å². The number of nitrogens with zero attached hydrogens (tertiary/aromatic N) is 1. The largest absolute Gasteiger partial charge is 0.488 e. The standard InChI is InChI=1S/C20H24BrNO4/c1-5-14-8-7-9-18(22(24)20(23)25-4)16(14)12-26-19-10-13(3)15(6-2)11-17(19)21/h7-11,24H,5-6,12H2,1-4H3. The summed E-state index contributed by atoms with van der Waals surface area (Å²) in [5.74, 6) is 0.721. The Morgan fingerprint density at radius 2 is 1.88 bits per heavy atom. The molecule has 1 amide bonds. The van der Waals surface area contributed by atoms with E-state index < -0.39 is 6.09 Å². The highest BCUT2D eigenvalue weighted by molar-refractivity contribution is 9.10. The molecule has 0 aliphatic carbocycles. The van der Waals surface area contributed by atoms with Gasteiger partial charge in [0.05, 0.1) is 17.3 Å². The van der Waals surface area contributed by atoms with Crippen molar-refractivity contribution in [3.05, 3.63) is 57.1 Å². The van der Waals surface area contributed by atoms with Crippen molar-refractivity contribution < 1.29 is 19.5 Å². The van der Waals surface area contributed by atoms with Crippen molar-refractivity contribution in [1.29, 1.82) is 0 Å². The zero-order valence-corrected chi connectivity index (χ0v) is 17.1. The Bertz CT molecular complexity index is 792. The average molecular weight is 422 g/mol. The zero-order chi connectivity index (χ0) is 19.3. The van der Waals surface area contributed by atoms with Gasteiger partial charge in [0.25, 0.3) is 0 Å². The molecule has 0 heterocycles. The van der Waals surface area contributed by atoms with Crippen LogP contribution in [0.1, 0.15) is 36.1 Å². The molecule has 0 saturated heterocycles. The third kappa shape index (κ3) is 4.37. The predicted molar refractivity (Wildman–Crippen MR) is 105 cm³/mol. The van der Waals surface area contributed by atoms with Crippen LogP contribution >= 0.6 is 15.9 Å². The number of carbonyl (C=O) groups is 1. The summed E-state index contributed by atoms with van der Waals surface area (Å²) in [5, 5.41) is 10.7. The van der Waals surface area contributed by atoms with Crippen LogP contribution in [0.2, 0.25) is 0 Å². The SMILES string of the molecule is CCc1cc(Br)c(OCc2c(CC)cccc2N(O)C(=O)OC)cc1C. The fraction of sp³-hybridized carbons (Fsp3) is 0.350. The number of carbonyl (C=O) groups excluding carboxylic acids is 1. The van der Waals surface area contributed by atoms with Gasteiger partial charge in [0.1, 0.15) is 12.4 Å². The van der Waals surface area contributed by atoms with Crippen LogP contribution in [0.15, 0.2) is 34.8 Å². The predicted octanol–water partition coefficient (Wildman–Crippen LogP) is 5.42. The molecule has 0 fully saturated rings. The van der Waals surface area contributed by atoms with Crippen LogP contribution in [0, 0.1) is 6.92 Å². The van der Waals surface area contributed by atoms with Crippen molar-refractivity contribution in [2.75, 3.05) is 12.2 Å². The summed E-state index contributed by atoms with van der Waals surface area (Å²) in [5.41, 5.74) is 4.50. The minimum absolute atomic E-state index is 0.219. The van der Waals surface area contributed by atoms with Gasteiger partial charge in [-0.05, 0) is 70.6 Å². The lowest BCUT2D eigenvalue weighted by molar-refractivity contribution is 0.140. The van der Waals surface area contributed by atoms with Gasteiger partial charge in [-0.2, -0.15) is 5.06 Å². The van der Waals surface area contributed by atoms with Gasteiger partial charge in [0, 0.05) is 5.56 Å². The van der Waals surface area contributed by atoms with E-state index in [9.17, 15) is 10.0 Å². The summed E-state index contributed by atoms with van der Waals surface area (Å²) in [7, 11) is 1.22. The number of methoxy groups -OCH3 is 1. The smallest absolute Gasteiger partial charge is 0.438 e. The highest BCUT2D eigenvalue weighted by Crippen LogP contribution is 2.31. The van der Waals surface area contributed by atoms with E-state index in [1.54, 1.807) is 12.1 Å². The van der Waals surface area contributed by atoms with Crippen LogP contribution in [0.25, 0.3) is 0 Å². The number of rotatable bonds is 6. The summed E-state index contributed by atoms with van der Waals surface area (Å²) in [4.78, 5) is 11.7. The molecule has 0 atom stereocenters. The molecule has 2 rings (SSSR count). The van der Waals surface area contributed by atoms with Gasteiger partial charge in [-0.25, -0.2) is 4.79 Å². The molecule has 0 bridgehead atoms. The molecule has 0 aliphatic heterocycles. The van der Waals surface area contributed by atoms with Crippen LogP contribution in [-0.2, 0) is 24.2 Å². The van der Waals surface area contributed by atoms with E-state index in [0.717, 1.165) is 39.8 Å².